The zero-order chi connectivity index (χ0) is 19.1. The van der Waals surface area contributed by atoms with Gasteiger partial charge in [0.1, 0.15) is 12.1 Å². The zero-order valence-corrected chi connectivity index (χ0v) is 14.9. The SMILES string of the molecule is O=C(C(c1ccccc1)n1cnnn1)N1CCc2[nH]c3ccc(F)cc3c2C1. The minimum Gasteiger partial charge on any atom is -0.358 e. The van der Waals surface area contributed by atoms with E-state index >= 15 is 0 Å². The van der Waals surface area contributed by atoms with Crippen molar-refractivity contribution >= 4 is 16.8 Å². The molecule has 1 atom stereocenters. The van der Waals surface area contributed by atoms with E-state index in [1.807, 2.05) is 30.3 Å². The van der Waals surface area contributed by atoms with E-state index in [2.05, 4.69) is 20.5 Å². The number of halogens is 1. The molecule has 1 unspecified atom stereocenters. The van der Waals surface area contributed by atoms with Crippen molar-refractivity contribution in [2.24, 2.45) is 0 Å². The van der Waals surface area contributed by atoms with E-state index in [9.17, 15) is 9.18 Å². The average Bonchev–Trinajstić information content (AvgIpc) is 3.36. The molecule has 2 aromatic carbocycles. The van der Waals surface area contributed by atoms with E-state index in [-0.39, 0.29) is 11.7 Å². The lowest BCUT2D eigenvalue weighted by Crippen LogP contribution is -2.41. The number of aromatic amines is 1. The molecule has 1 amide bonds. The smallest absolute Gasteiger partial charge is 0.252 e. The van der Waals surface area contributed by atoms with Gasteiger partial charge >= 0.3 is 0 Å². The summed E-state index contributed by atoms with van der Waals surface area (Å²) in [6.07, 6.45) is 2.14. The molecule has 4 aromatic rings. The topological polar surface area (TPSA) is 79.7 Å². The first-order valence-electron chi connectivity index (χ1n) is 9.06. The molecule has 0 bridgehead atoms. The summed E-state index contributed by atoms with van der Waals surface area (Å²) in [7, 11) is 0. The Morgan fingerprint density at radius 1 is 1.18 bits per heavy atom. The monoisotopic (exact) mass is 376 g/mol. The molecule has 2 aromatic heterocycles. The highest BCUT2D eigenvalue weighted by Crippen LogP contribution is 2.30. The lowest BCUT2D eigenvalue weighted by atomic mass is 10.0. The number of aromatic nitrogens is 5. The number of hydrogen-bond acceptors (Lipinski definition) is 4. The van der Waals surface area contributed by atoms with Gasteiger partial charge in [-0.3, -0.25) is 4.79 Å². The van der Waals surface area contributed by atoms with Crippen LogP contribution in [-0.2, 0) is 17.8 Å². The molecule has 0 fully saturated rings. The summed E-state index contributed by atoms with van der Waals surface area (Å²) in [6.45, 7) is 0.996. The Kier molecular flexibility index (Phi) is 3.89. The van der Waals surface area contributed by atoms with Gasteiger partial charge < -0.3 is 9.88 Å². The van der Waals surface area contributed by atoms with Crippen molar-refractivity contribution < 1.29 is 9.18 Å². The van der Waals surface area contributed by atoms with Crippen LogP contribution in [0.1, 0.15) is 22.9 Å². The third-order valence-corrected chi connectivity index (χ3v) is 5.23. The molecule has 0 aliphatic carbocycles. The second-order valence-corrected chi connectivity index (χ2v) is 6.88. The third-order valence-electron chi connectivity index (χ3n) is 5.23. The second kappa shape index (κ2) is 6.56. The van der Waals surface area contributed by atoms with Crippen LogP contribution in [0.3, 0.4) is 0 Å². The molecule has 0 spiro atoms. The number of hydrogen-bond donors (Lipinski definition) is 1. The van der Waals surface area contributed by atoms with Crippen LogP contribution in [0.25, 0.3) is 10.9 Å². The quantitative estimate of drug-likeness (QED) is 0.596. The average molecular weight is 376 g/mol. The maximum atomic E-state index is 13.8. The van der Waals surface area contributed by atoms with Gasteiger partial charge in [0, 0.05) is 41.7 Å². The fourth-order valence-electron chi connectivity index (χ4n) is 3.88. The summed E-state index contributed by atoms with van der Waals surface area (Å²) in [5, 5.41) is 12.2. The summed E-state index contributed by atoms with van der Waals surface area (Å²) in [5.74, 6) is -0.372. The Labute approximate surface area is 159 Å². The van der Waals surface area contributed by atoms with Crippen LogP contribution < -0.4 is 0 Å². The molecule has 7 nitrogen and oxygen atoms in total. The molecule has 8 heteroatoms. The number of H-pyrrole nitrogens is 1. The van der Waals surface area contributed by atoms with Gasteiger partial charge in [-0.1, -0.05) is 30.3 Å². The molecule has 140 valence electrons. The number of benzene rings is 2. The third kappa shape index (κ3) is 2.74. The van der Waals surface area contributed by atoms with Crippen LogP contribution in [0.2, 0.25) is 0 Å². The summed E-state index contributed by atoms with van der Waals surface area (Å²) in [6, 6.07) is 13.5. The van der Waals surface area contributed by atoms with Gasteiger partial charge in [0.25, 0.3) is 5.91 Å². The fraction of sp³-hybridized carbons (Fsp3) is 0.200. The molecule has 0 saturated carbocycles. The van der Waals surface area contributed by atoms with Gasteiger partial charge in [0.2, 0.25) is 0 Å². The van der Waals surface area contributed by atoms with Crippen molar-refractivity contribution in [1.82, 2.24) is 30.1 Å². The molecular formula is C20H17FN6O. The summed E-state index contributed by atoms with van der Waals surface area (Å²) in [5.41, 5.74) is 3.73. The highest BCUT2D eigenvalue weighted by Gasteiger charge is 2.32. The minimum absolute atomic E-state index is 0.0881. The number of tetrazole rings is 1. The second-order valence-electron chi connectivity index (χ2n) is 6.88. The van der Waals surface area contributed by atoms with Gasteiger partial charge in [0.15, 0.2) is 6.04 Å². The molecule has 1 aliphatic heterocycles. The number of nitrogens with one attached hydrogen (secondary N) is 1. The number of carbonyl (C=O) groups excluding carboxylic acids is 1. The maximum absolute atomic E-state index is 13.8. The Morgan fingerprint density at radius 2 is 2.04 bits per heavy atom. The Balaban J connectivity index is 1.51. The van der Waals surface area contributed by atoms with Crippen molar-refractivity contribution in [2.75, 3.05) is 6.54 Å². The number of rotatable bonds is 3. The van der Waals surface area contributed by atoms with Crippen molar-refractivity contribution in [3.8, 4) is 0 Å². The first-order chi connectivity index (χ1) is 13.7. The van der Waals surface area contributed by atoms with Gasteiger partial charge in [-0.2, -0.15) is 0 Å². The Morgan fingerprint density at radius 3 is 2.82 bits per heavy atom. The van der Waals surface area contributed by atoms with Crippen molar-refractivity contribution in [3.05, 3.63) is 77.5 Å². The van der Waals surface area contributed by atoms with Gasteiger partial charge in [0.05, 0.1) is 0 Å². The standard InChI is InChI=1S/C20H17FN6O/c21-14-6-7-17-15(10-14)16-11-26(9-8-18(16)23-17)20(28)19(27-12-22-24-25-27)13-4-2-1-3-5-13/h1-7,10,12,19,23H,8-9,11H2. The summed E-state index contributed by atoms with van der Waals surface area (Å²) >= 11 is 0. The van der Waals surface area contributed by atoms with Crippen LogP contribution in [0.5, 0.6) is 0 Å². The predicted octanol–water partition coefficient (Wildman–Crippen LogP) is 2.47. The van der Waals surface area contributed by atoms with Crippen LogP contribution in [0.4, 0.5) is 4.39 Å². The van der Waals surface area contributed by atoms with E-state index in [0.29, 0.717) is 19.5 Å². The molecule has 3 heterocycles. The lowest BCUT2D eigenvalue weighted by molar-refractivity contribution is -0.134. The number of nitrogens with zero attached hydrogens (tertiary/aromatic N) is 5. The van der Waals surface area contributed by atoms with Crippen molar-refractivity contribution in [2.45, 2.75) is 19.0 Å². The summed E-state index contributed by atoms with van der Waals surface area (Å²) < 4.78 is 15.2. The molecular weight excluding hydrogens is 359 g/mol. The van der Waals surface area contributed by atoms with Gasteiger partial charge in [-0.15, -0.1) is 5.10 Å². The first kappa shape index (κ1) is 16.6. The highest BCUT2D eigenvalue weighted by molar-refractivity contribution is 5.87. The van der Waals surface area contributed by atoms with Crippen LogP contribution in [0.15, 0.2) is 54.9 Å². The van der Waals surface area contributed by atoms with E-state index in [4.69, 9.17) is 0 Å². The van der Waals surface area contributed by atoms with E-state index in [1.165, 1.54) is 23.1 Å². The van der Waals surface area contributed by atoms with Crippen LogP contribution in [0, 0.1) is 5.82 Å². The van der Waals surface area contributed by atoms with Gasteiger partial charge in [-0.25, -0.2) is 9.07 Å². The molecule has 28 heavy (non-hydrogen) atoms. The van der Waals surface area contributed by atoms with E-state index < -0.39 is 6.04 Å². The zero-order valence-electron chi connectivity index (χ0n) is 14.9. The minimum atomic E-state index is -0.639. The van der Waals surface area contributed by atoms with Crippen LogP contribution in [-0.4, -0.2) is 42.5 Å². The highest BCUT2D eigenvalue weighted by atomic mass is 19.1. The molecule has 1 aliphatic rings. The molecule has 5 rings (SSSR count). The van der Waals surface area contributed by atoms with Gasteiger partial charge in [-0.05, 0) is 34.2 Å². The number of amides is 1. The normalized spacial score (nSPS) is 14.8. The molecule has 0 radical (unpaired) electrons. The summed E-state index contributed by atoms with van der Waals surface area (Å²) in [4.78, 5) is 18.6. The predicted molar refractivity (Wildman–Crippen MR) is 99.8 cm³/mol. The molecule has 1 N–H and O–H groups in total. The lowest BCUT2D eigenvalue weighted by Gasteiger charge is -2.30. The van der Waals surface area contributed by atoms with Crippen molar-refractivity contribution in [1.29, 1.82) is 0 Å². The van der Waals surface area contributed by atoms with Crippen LogP contribution >= 0.6 is 0 Å². The molecule has 0 saturated heterocycles. The number of fused-ring (bicyclic) bond motifs is 3. The largest absolute Gasteiger partial charge is 0.358 e. The Hall–Kier alpha value is -3.55. The van der Waals surface area contributed by atoms with E-state index in [0.717, 1.165) is 27.7 Å². The van der Waals surface area contributed by atoms with E-state index in [1.54, 1.807) is 11.0 Å². The van der Waals surface area contributed by atoms with Crippen molar-refractivity contribution in [3.63, 3.8) is 0 Å². The first-order valence-corrected chi connectivity index (χ1v) is 9.06. The number of carbonyl (C=O) groups is 1. The fourth-order valence-corrected chi connectivity index (χ4v) is 3.88. The Bertz CT molecular complexity index is 1140. The maximum Gasteiger partial charge on any atom is 0.252 e.